The number of rotatable bonds is 9. The average molecular weight is 646 g/mol. The van der Waals surface area contributed by atoms with Crippen LogP contribution in [0.5, 0.6) is 0 Å². The third-order valence-electron chi connectivity index (χ3n) is 9.58. The molecule has 3 aromatic rings. The predicted octanol–water partition coefficient (Wildman–Crippen LogP) is 5.51. The van der Waals surface area contributed by atoms with Crippen LogP contribution in [-0.4, -0.2) is 60.7 Å². The van der Waals surface area contributed by atoms with Crippen LogP contribution in [0.1, 0.15) is 115 Å². The van der Waals surface area contributed by atoms with Gasteiger partial charge in [0.1, 0.15) is 0 Å². The standard InChI is InChI=1S/C35H47N5O5Si/c1-8-24-19(3)28-17-32-34(23(7)41)21(5)30(39-32)16-29-20(4)25(10-11-33(42)36-12-9-13-46(43,44)45)35(40-29)22(6)27-14-18(2)26(37-27)15-31(24)38-28/h14-17,20,23,25,38-39,41,43-45H,8-13H2,1-7H3,(H,36,42)/t20-,23+,25-/m0/s1. The molecule has 0 aromatic carbocycles. The quantitative estimate of drug-likeness (QED) is 0.119. The maximum Gasteiger partial charge on any atom is 0.492 e. The highest BCUT2D eigenvalue weighted by atomic mass is 28.4. The molecule has 5 heterocycles. The van der Waals surface area contributed by atoms with E-state index in [1.165, 1.54) is 11.1 Å². The van der Waals surface area contributed by atoms with Gasteiger partial charge in [-0.25, -0.2) is 4.98 Å². The molecule has 0 saturated carbocycles. The Balaban J connectivity index is 1.66. The summed E-state index contributed by atoms with van der Waals surface area (Å²) in [7, 11) is -4.11. The van der Waals surface area contributed by atoms with E-state index in [1.54, 1.807) is 6.92 Å². The number of carbonyl (C=O) groups excluding carboxylic acids is 1. The lowest BCUT2D eigenvalue weighted by molar-refractivity contribution is -0.121. The third kappa shape index (κ3) is 6.89. The van der Waals surface area contributed by atoms with Gasteiger partial charge < -0.3 is 34.8 Å². The Labute approximate surface area is 271 Å². The molecule has 3 atom stereocenters. The van der Waals surface area contributed by atoms with Crippen molar-refractivity contribution in [2.45, 2.75) is 98.1 Å². The summed E-state index contributed by atoms with van der Waals surface area (Å²) in [6.07, 6.45) is 3.44. The number of aryl methyl sites for hydroxylation is 3. The molecule has 246 valence electrons. The largest absolute Gasteiger partial charge is 0.492 e. The Morgan fingerprint density at radius 3 is 2.35 bits per heavy atom. The number of aromatic nitrogens is 4. The van der Waals surface area contributed by atoms with Gasteiger partial charge in [-0.1, -0.05) is 13.8 Å². The number of fused-ring (bicyclic) bond motifs is 8. The fourth-order valence-electron chi connectivity index (χ4n) is 6.89. The summed E-state index contributed by atoms with van der Waals surface area (Å²) >= 11 is 0. The summed E-state index contributed by atoms with van der Waals surface area (Å²) < 4.78 is 0. The highest BCUT2D eigenvalue weighted by Crippen LogP contribution is 2.42. The molecule has 5 rings (SSSR count). The van der Waals surface area contributed by atoms with E-state index in [-0.39, 0.29) is 36.8 Å². The Morgan fingerprint density at radius 1 is 0.978 bits per heavy atom. The van der Waals surface area contributed by atoms with Gasteiger partial charge in [-0.3, -0.25) is 9.78 Å². The maximum atomic E-state index is 12.8. The van der Waals surface area contributed by atoms with Gasteiger partial charge in [0, 0.05) is 69.9 Å². The van der Waals surface area contributed by atoms with Crippen LogP contribution in [-0.2, 0) is 11.2 Å². The first-order valence-corrected chi connectivity index (χ1v) is 18.3. The van der Waals surface area contributed by atoms with E-state index in [0.29, 0.717) is 12.8 Å². The van der Waals surface area contributed by atoms with Gasteiger partial charge in [0.15, 0.2) is 0 Å². The summed E-state index contributed by atoms with van der Waals surface area (Å²) in [5.74, 6) is -0.137. The average Bonchev–Trinajstić information content (AvgIpc) is 3.68. The number of nitrogens with one attached hydrogen (secondary N) is 3. The molecule has 0 spiro atoms. The summed E-state index contributed by atoms with van der Waals surface area (Å²) in [4.78, 5) is 58.0. The Hall–Kier alpha value is -3.61. The molecule has 3 aromatic heterocycles. The zero-order chi connectivity index (χ0) is 33.5. The van der Waals surface area contributed by atoms with Gasteiger partial charge in [-0.2, -0.15) is 0 Å². The summed E-state index contributed by atoms with van der Waals surface area (Å²) in [5.41, 5.74) is 13.6. The topological polar surface area (TPSA) is 167 Å². The predicted molar refractivity (Wildman–Crippen MR) is 184 cm³/mol. The zero-order valence-corrected chi connectivity index (χ0v) is 28.9. The second-order valence-corrected chi connectivity index (χ2v) is 15.0. The Morgan fingerprint density at radius 2 is 1.67 bits per heavy atom. The summed E-state index contributed by atoms with van der Waals surface area (Å²) in [5, 5.41) is 13.7. The molecule has 0 aliphatic carbocycles. The second-order valence-electron chi connectivity index (χ2n) is 12.9. The molecule has 0 unspecified atom stereocenters. The molecule has 2 aliphatic heterocycles. The van der Waals surface area contributed by atoms with Crippen molar-refractivity contribution in [2.24, 2.45) is 0 Å². The van der Waals surface area contributed by atoms with Gasteiger partial charge in [0.2, 0.25) is 5.91 Å². The first kappa shape index (κ1) is 33.7. The van der Waals surface area contributed by atoms with E-state index < -0.39 is 14.9 Å². The molecule has 0 radical (unpaired) electrons. The molecule has 7 N–H and O–H groups in total. The SMILES string of the molecule is CCc1c(C)c2cc3[nH]c(cc4nc(c(C)c5nc(cc1[nH]2)C(C)=C5)[C@@H](CCC(=O)NCCC[Si](O)(O)O)[C@@H]4C)c(C)c3[C@@H](C)O. The van der Waals surface area contributed by atoms with Crippen LogP contribution in [0, 0.1) is 20.8 Å². The number of allylic oxidation sites excluding steroid dienone is 1. The van der Waals surface area contributed by atoms with Crippen molar-refractivity contribution in [1.82, 2.24) is 25.3 Å². The van der Waals surface area contributed by atoms with Crippen LogP contribution in [0.25, 0.3) is 33.7 Å². The van der Waals surface area contributed by atoms with Crippen molar-refractivity contribution < 1.29 is 24.3 Å². The Kier molecular flexibility index (Phi) is 9.72. The molecule has 0 saturated heterocycles. The smallest absolute Gasteiger partial charge is 0.390 e. The fourth-order valence-corrected chi connectivity index (χ4v) is 7.54. The van der Waals surface area contributed by atoms with Crippen molar-refractivity contribution in [3.05, 3.63) is 68.8 Å². The molecule has 2 aliphatic rings. The van der Waals surface area contributed by atoms with Crippen LogP contribution < -0.4 is 5.32 Å². The second kappa shape index (κ2) is 13.2. The molecule has 46 heavy (non-hydrogen) atoms. The zero-order valence-electron chi connectivity index (χ0n) is 27.9. The monoisotopic (exact) mass is 645 g/mol. The van der Waals surface area contributed by atoms with Crippen molar-refractivity contribution in [3.63, 3.8) is 0 Å². The number of aromatic amines is 2. The van der Waals surface area contributed by atoms with Gasteiger partial charge in [0.25, 0.3) is 0 Å². The number of aliphatic hydroxyl groups excluding tert-OH is 1. The molecule has 8 bridgehead atoms. The first-order chi connectivity index (χ1) is 21.7. The van der Waals surface area contributed by atoms with Gasteiger partial charge >= 0.3 is 8.80 Å². The van der Waals surface area contributed by atoms with E-state index in [1.807, 2.05) is 6.92 Å². The van der Waals surface area contributed by atoms with Crippen molar-refractivity contribution in [2.75, 3.05) is 6.54 Å². The van der Waals surface area contributed by atoms with Crippen molar-refractivity contribution >= 4 is 48.4 Å². The van der Waals surface area contributed by atoms with E-state index in [9.17, 15) is 24.3 Å². The third-order valence-corrected chi connectivity index (χ3v) is 10.6. The fraction of sp³-hybridized carbons (Fsp3) is 0.457. The number of nitrogens with zero attached hydrogens (tertiary/aromatic N) is 2. The van der Waals surface area contributed by atoms with E-state index >= 15 is 0 Å². The van der Waals surface area contributed by atoms with Gasteiger partial charge in [-0.15, -0.1) is 0 Å². The minimum atomic E-state index is -4.11. The van der Waals surface area contributed by atoms with Crippen LogP contribution in [0.2, 0.25) is 6.04 Å². The Bertz CT molecular complexity index is 1850. The molecule has 0 fully saturated rings. The lowest BCUT2D eigenvalue weighted by atomic mass is 9.85. The molecule has 11 heteroatoms. The highest BCUT2D eigenvalue weighted by molar-refractivity contribution is 6.56. The molecule has 10 nitrogen and oxygen atoms in total. The minimum absolute atomic E-state index is 0.0188. The minimum Gasteiger partial charge on any atom is -0.390 e. The van der Waals surface area contributed by atoms with Crippen LogP contribution in [0.4, 0.5) is 0 Å². The number of aliphatic hydroxyl groups is 1. The molecule has 1 amide bonds. The number of carbonyl (C=O) groups is 1. The summed E-state index contributed by atoms with van der Waals surface area (Å²) in [6.45, 7) is 14.6. The molecular formula is C35H47N5O5Si. The molecular weight excluding hydrogens is 599 g/mol. The van der Waals surface area contributed by atoms with Gasteiger partial charge in [-0.05, 0) is 106 Å². The van der Waals surface area contributed by atoms with Crippen LogP contribution in [0.15, 0.2) is 18.2 Å². The summed E-state index contributed by atoms with van der Waals surface area (Å²) in [6, 6.07) is 6.16. The van der Waals surface area contributed by atoms with Crippen molar-refractivity contribution in [3.8, 4) is 0 Å². The maximum absolute atomic E-state index is 12.8. The number of H-pyrrole nitrogens is 2. The van der Waals surface area contributed by atoms with Crippen molar-refractivity contribution in [1.29, 1.82) is 0 Å². The van der Waals surface area contributed by atoms with E-state index in [4.69, 9.17) is 9.97 Å². The van der Waals surface area contributed by atoms with Gasteiger partial charge in [0.05, 0.1) is 17.5 Å². The number of amides is 1. The number of hydrogen-bond acceptors (Lipinski definition) is 7. The van der Waals surface area contributed by atoms with Crippen LogP contribution >= 0.6 is 0 Å². The van der Waals surface area contributed by atoms with Crippen LogP contribution in [0.3, 0.4) is 0 Å². The first-order valence-electron chi connectivity index (χ1n) is 16.2. The van der Waals surface area contributed by atoms with E-state index in [2.05, 4.69) is 74.2 Å². The highest BCUT2D eigenvalue weighted by Gasteiger charge is 2.32. The lowest BCUT2D eigenvalue weighted by Crippen LogP contribution is -2.35. The van der Waals surface area contributed by atoms with E-state index in [0.717, 1.165) is 73.5 Å². The number of hydrogen-bond donors (Lipinski definition) is 7. The normalized spacial score (nSPS) is 17.2. The lowest BCUT2D eigenvalue weighted by Gasteiger charge is -2.17.